The van der Waals surface area contributed by atoms with Crippen LogP contribution >= 0.6 is 0 Å². The molecule has 1 aromatic rings. The van der Waals surface area contributed by atoms with Gasteiger partial charge in [-0.1, -0.05) is 0 Å². The molecule has 5 heteroatoms. The Hall–Kier alpha value is -1.49. The summed E-state index contributed by atoms with van der Waals surface area (Å²) in [6.07, 6.45) is 1.63. The second-order valence-corrected chi connectivity index (χ2v) is 4.18. The van der Waals surface area contributed by atoms with Crippen molar-refractivity contribution in [2.24, 2.45) is 0 Å². The van der Waals surface area contributed by atoms with Gasteiger partial charge >= 0.3 is 5.97 Å². The molecular formula is C12H13F2NO2. The van der Waals surface area contributed by atoms with Crippen molar-refractivity contribution in [3.8, 4) is 0 Å². The van der Waals surface area contributed by atoms with E-state index in [9.17, 15) is 13.6 Å². The molecule has 1 N–H and O–H groups in total. The van der Waals surface area contributed by atoms with E-state index >= 15 is 0 Å². The molecule has 0 aliphatic heterocycles. The van der Waals surface area contributed by atoms with Crippen molar-refractivity contribution >= 4 is 5.97 Å². The summed E-state index contributed by atoms with van der Waals surface area (Å²) in [4.78, 5) is 15.3. The summed E-state index contributed by atoms with van der Waals surface area (Å²) in [6.45, 7) is 1.29. The van der Waals surface area contributed by atoms with Gasteiger partial charge < -0.3 is 4.84 Å². The molecule has 0 heterocycles. The van der Waals surface area contributed by atoms with Crippen LogP contribution in [-0.4, -0.2) is 12.0 Å². The molecule has 0 amide bonds. The molecule has 0 bridgehead atoms. The molecular weight excluding hydrogens is 228 g/mol. The lowest BCUT2D eigenvalue weighted by atomic mass is 9.88. The molecule has 0 aromatic heterocycles. The van der Waals surface area contributed by atoms with Gasteiger partial charge in [0.2, 0.25) is 0 Å². The van der Waals surface area contributed by atoms with E-state index in [1.807, 2.05) is 0 Å². The van der Waals surface area contributed by atoms with Crippen molar-refractivity contribution in [3.63, 3.8) is 0 Å². The van der Waals surface area contributed by atoms with Crippen molar-refractivity contribution in [1.29, 1.82) is 0 Å². The first-order chi connectivity index (χ1) is 8.06. The van der Waals surface area contributed by atoms with Crippen LogP contribution in [0.4, 0.5) is 8.78 Å². The SMILES string of the molecule is CC(=O)ONC1CCc2c(F)cc(F)cc2C1. The Labute approximate surface area is 97.7 Å². The Bertz CT molecular complexity index is 448. The Kier molecular flexibility index (Phi) is 3.38. The molecule has 0 spiro atoms. The monoisotopic (exact) mass is 241 g/mol. The van der Waals surface area contributed by atoms with Gasteiger partial charge in [-0.05, 0) is 36.5 Å². The van der Waals surface area contributed by atoms with Crippen molar-refractivity contribution in [3.05, 3.63) is 34.9 Å². The van der Waals surface area contributed by atoms with E-state index < -0.39 is 17.6 Å². The van der Waals surface area contributed by atoms with E-state index in [1.165, 1.54) is 13.0 Å². The highest BCUT2D eigenvalue weighted by Crippen LogP contribution is 2.25. The van der Waals surface area contributed by atoms with Crippen molar-refractivity contribution < 1.29 is 18.4 Å². The number of rotatable bonds is 2. The number of hydrogen-bond acceptors (Lipinski definition) is 3. The van der Waals surface area contributed by atoms with Crippen LogP contribution in [0, 0.1) is 11.6 Å². The molecule has 0 fully saturated rings. The van der Waals surface area contributed by atoms with Crippen molar-refractivity contribution in [2.45, 2.75) is 32.2 Å². The van der Waals surface area contributed by atoms with Crippen LogP contribution in [0.15, 0.2) is 12.1 Å². The van der Waals surface area contributed by atoms with Crippen LogP contribution in [0.1, 0.15) is 24.5 Å². The molecule has 0 radical (unpaired) electrons. The summed E-state index contributed by atoms with van der Waals surface area (Å²) in [5.74, 6) is -1.50. The van der Waals surface area contributed by atoms with E-state index in [2.05, 4.69) is 10.3 Å². The summed E-state index contributed by atoms with van der Waals surface area (Å²) < 4.78 is 26.5. The second-order valence-electron chi connectivity index (χ2n) is 4.18. The molecule has 1 aliphatic carbocycles. The highest BCUT2D eigenvalue weighted by Gasteiger charge is 2.22. The van der Waals surface area contributed by atoms with Gasteiger partial charge in [0.25, 0.3) is 0 Å². The maximum absolute atomic E-state index is 13.4. The third kappa shape index (κ3) is 2.79. The third-order valence-corrected chi connectivity index (χ3v) is 2.83. The lowest BCUT2D eigenvalue weighted by Crippen LogP contribution is -2.36. The maximum Gasteiger partial charge on any atom is 0.321 e. The minimum atomic E-state index is -0.575. The van der Waals surface area contributed by atoms with Crippen LogP contribution in [0.25, 0.3) is 0 Å². The largest absolute Gasteiger partial charge is 0.371 e. The topological polar surface area (TPSA) is 38.3 Å². The Morgan fingerprint density at radius 1 is 1.47 bits per heavy atom. The molecule has 1 unspecified atom stereocenters. The standard InChI is InChI=1S/C12H13F2NO2/c1-7(16)17-15-10-2-3-11-8(5-10)4-9(13)6-12(11)14/h4,6,10,15H,2-3,5H2,1H3. The van der Waals surface area contributed by atoms with Gasteiger partial charge in [-0.3, -0.25) is 4.79 Å². The van der Waals surface area contributed by atoms with Crippen LogP contribution in [-0.2, 0) is 22.5 Å². The Balaban J connectivity index is 2.10. The number of carbonyl (C=O) groups is 1. The number of benzene rings is 1. The summed E-state index contributed by atoms with van der Waals surface area (Å²) >= 11 is 0. The van der Waals surface area contributed by atoms with Crippen molar-refractivity contribution in [2.75, 3.05) is 0 Å². The van der Waals surface area contributed by atoms with E-state index in [0.717, 1.165) is 6.07 Å². The summed E-state index contributed by atoms with van der Waals surface area (Å²) in [7, 11) is 0. The first-order valence-electron chi connectivity index (χ1n) is 5.46. The summed E-state index contributed by atoms with van der Waals surface area (Å²) in [5, 5.41) is 0. The average molecular weight is 241 g/mol. The Morgan fingerprint density at radius 3 is 2.94 bits per heavy atom. The van der Waals surface area contributed by atoms with Gasteiger partial charge in [-0.15, -0.1) is 5.48 Å². The van der Waals surface area contributed by atoms with Gasteiger partial charge in [0.15, 0.2) is 0 Å². The fourth-order valence-electron chi connectivity index (χ4n) is 2.07. The molecule has 17 heavy (non-hydrogen) atoms. The zero-order valence-electron chi connectivity index (χ0n) is 9.43. The number of carbonyl (C=O) groups excluding carboxylic acids is 1. The molecule has 0 saturated heterocycles. The fourth-order valence-corrected chi connectivity index (χ4v) is 2.07. The number of hydroxylamine groups is 1. The zero-order valence-corrected chi connectivity index (χ0v) is 9.43. The molecule has 92 valence electrons. The van der Waals surface area contributed by atoms with E-state index in [1.54, 1.807) is 0 Å². The predicted molar refractivity (Wildman–Crippen MR) is 57.1 cm³/mol. The van der Waals surface area contributed by atoms with Gasteiger partial charge in [0, 0.05) is 19.0 Å². The van der Waals surface area contributed by atoms with Crippen LogP contribution < -0.4 is 5.48 Å². The minimum Gasteiger partial charge on any atom is -0.371 e. The first-order valence-corrected chi connectivity index (χ1v) is 5.46. The van der Waals surface area contributed by atoms with Gasteiger partial charge in [0.05, 0.1) is 0 Å². The molecule has 2 rings (SSSR count). The minimum absolute atomic E-state index is 0.0902. The van der Waals surface area contributed by atoms with Crippen LogP contribution in [0.5, 0.6) is 0 Å². The fraction of sp³-hybridized carbons (Fsp3) is 0.417. The van der Waals surface area contributed by atoms with Gasteiger partial charge in [-0.25, -0.2) is 8.78 Å². The normalized spacial score (nSPS) is 18.6. The third-order valence-electron chi connectivity index (χ3n) is 2.83. The molecule has 1 atom stereocenters. The predicted octanol–water partition coefficient (Wildman–Crippen LogP) is 1.89. The first kappa shape index (κ1) is 12.0. The highest BCUT2D eigenvalue weighted by atomic mass is 19.1. The van der Waals surface area contributed by atoms with E-state index in [4.69, 9.17) is 0 Å². The zero-order chi connectivity index (χ0) is 12.4. The van der Waals surface area contributed by atoms with Crippen molar-refractivity contribution in [1.82, 2.24) is 5.48 Å². The quantitative estimate of drug-likeness (QED) is 0.803. The molecule has 1 aliphatic rings. The average Bonchev–Trinajstić information content (AvgIpc) is 2.25. The number of nitrogens with one attached hydrogen (secondary N) is 1. The lowest BCUT2D eigenvalue weighted by molar-refractivity contribution is -0.150. The number of halogens is 2. The van der Waals surface area contributed by atoms with E-state index in [-0.39, 0.29) is 6.04 Å². The van der Waals surface area contributed by atoms with Gasteiger partial charge in [-0.2, -0.15) is 0 Å². The molecule has 3 nitrogen and oxygen atoms in total. The van der Waals surface area contributed by atoms with Crippen LogP contribution in [0.3, 0.4) is 0 Å². The number of hydrogen-bond donors (Lipinski definition) is 1. The van der Waals surface area contributed by atoms with Gasteiger partial charge in [0.1, 0.15) is 11.6 Å². The van der Waals surface area contributed by atoms with Crippen LogP contribution in [0.2, 0.25) is 0 Å². The van der Waals surface area contributed by atoms with E-state index in [0.29, 0.717) is 30.4 Å². The maximum atomic E-state index is 13.4. The Morgan fingerprint density at radius 2 is 2.24 bits per heavy atom. The summed E-state index contributed by atoms with van der Waals surface area (Å²) in [5.41, 5.74) is 3.81. The summed E-state index contributed by atoms with van der Waals surface area (Å²) in [6, 6.07) is 2.14. The second kappa shape index (κ2) is 4.79. The molecule has 1 aromatic carbocycles. The highest BCUT2D eigenvalue weighted by molar-refractivity contribution is 5.65. The smallest absolute Gasteiger partial charge is 0.321 e. The lowest BCUT2D eigenvalue weighted by Gasteiger charge is -2.24. The molecule has 0 saturated carbocycles. The number of fused-ring (bicyclic) bond motifs is 1.